The summed E-state index contributed by atoms with van der Waals surface area (Å²) in [5.41, 5.74) is 12.3. The van der Waals surface area contributed by atoms with E-state index in [1.807, 2.05) is 19.1 Å². The highest BCUT2D eigenvalue weighted by molar-refractivity contribution is 5.74. The molecule has 1 aromatic carbocycles. The van der Waals surface area contributed by atoms with Crippen LogP contribution in [0.15, 0.2) is 24.3 Å². The number of anilines is 2. The van der Waals surface area contributed by atoms with Crippen LogP contribution in [0.5, 0.6) is 0 Å². The molecule has 0 saturated carbocycles. The van der Waals surface area contributed by atoms with Crippen molar-refractivity contribution in [2.75, 3.05) is 11.1 Å². The molecule has 4 heteroatoms. The van der Waals surface area contributed by atoms with Gasteiger partial charge in [-0.25, -0.2) is 0 Å². The zero-order chi connectivity index (χ0) is 10.6. The van der Waals surface area contributed by atoms with Gasteiger partial charge in [0.05, 0.1) is 0 Å². The smallest absolute Gasteiger partial charge is 0.219 e. The molecule has 0 bridgehead atoms. The molecule has 76 valence electrons. The molecule has 1 amide bonds. The maximum atomic E-state index is 10.6. The summed E-state index contributed by atoms with van der Waals surface area (Å²) in [6.45, 7) is 1.90. The topological polar surface area (TPSA) is 81.1 Å². The van der Waals surface area contributed by atoms with Crippen molar-refractivity contribution in [3.05, 3.63) is 24.3 Å². The number of rotatable bonds is 4. The number of hydrogen-bond acceptors (Lipinski definition) is 3. The summed E-state index contributed by atoms with van der Waals surface area (Å²) in [4.78, 5) is 10.6. The first-order valence-corrected chi connectivity index (χ1v) is 4.48. The van der Waals surface area contributed by atoms with Crippen LogP contribution in [0.4, 0.5) is 11.4 Å². The molecule has 4 nitrogen and oxygen atoms in total. The molecule has 5 N–H and O–H groups in total. The van der Waals surface area contributed by atoms with Gasteiger partial charge in [-0.2, -0.15) is 0 Å². The molecule has 1 unspecified atom stereocenters. The zero-order valence-electron chi connectivity index (χ0n) is 8.16. The van der Waals surface area contributed by atoms with E-state index in [1.165, 1.54) is 0 Å². The number of hydrogen-bond donors (Lipinski definition) is 3. The summed E-state index contributed by atoms with van der Waals surface area (Å²) < 4.78 is 0. The molecular formula is C10H15N3O. The number of carbonyl (C=O) groups is 1. The lowest BCUT2D eigenvalue weighted by Gasteiger charge is -2.13. The SMILES string of the molecule is CC(CC(N)=O)Nc1ccc(N)cc1. The van der Waals surface area contributed by atoms with Crippen molar-refractivity contribution in [1.82, 2.24) is 0 Å². The van der Waals surface area contributed by atoms with Crippen LogP contribution >= 0.6 is 0 Å². The van der Waals surface area contributed by atoms with Crippen LogP contribution < -0.4 is 16.8 Å². The van der Waals surface area contributed by atoms with E-state index in [-0.39, 0.29) is 11.9 Å². The van der Waals surface area contributed by atoms with Gasteiger partial charge in [-0.15, -0.1) is 0 Å². The number of primary amides is 1. The number of benzene rings is 1. The predicted molar refractivity (Wildman–Crippen MR) is 57.8 cm³/mol. The molecule has 0 radical (unpaired) electrons. The third-order valence-corrected chi connectivity index (χ3v) is 1.83. The van der Waals surface area contributed by atoms with Gasteiger partial charge >= 0.3 is 0 Å². The second kappa shape index (κ2) is 4.50. The lowest BCUT2D eigenvalue weighted by molar-refractivity contribution is -0.118. The van der Waals surface area contributed by atoms with Crippen LogP contribution in [-0.4, -0.2) is 11.9 Å². The highest BCUT2D eigenvalue weighted by Crippen LogP contribution is 2.12. The normalized spacial score (nSPS) is 12.1. The minimum absolute atomic E-state index is 0.0381. The quantitative estimate of drug-likeness (QED) is 0.622. The summed E-state index contributed by atoms with van der Waals surface area (Å²) in [6, 6.07) is 7.38. The monoisotopic (exact) mass is 193 g/mol. The fourth-order valence-electron chi connectivity index (χ4n) is 1.22. The third kappa shape index (κ3) is 3.35. The molecule has 14 heavy (non-hydrogen) atoms. The highest BCUT2D eigenvalue weighted by atomic mass is 16.1. The van der Waals surface area contributed by atoms with E-state index in [2.05, 4.69) is 5.32 Å². The Morgan fingerprint density at radius 3 is 2.50 bits per heavy atom. The van der Waals surface area contributed by atoms with Crippen molar-refractivity contribution in [3.8, 4) is 0 Å². The van der Waals surface area contributed by atoms with Crippen molar-refractivity contribution in [3.63, 3.8) is 0 Å². The summed E-state index contributed by atoms with van der Waals surface area (Å²) in [7, 11) is 0. The lowest BCUT2D eigenvalue weighted by Crippen LogP contribution is -2.23. The molecule has 0 aliphatic heterocycles. The number of nitrogen functional groups attached to an aromatic ring is 1. The van der Waals surface area contributed by atoms with Crippen LogP contribution in [0.1, 0.15) is 13.3 Å². The van der Waals surface area contributed by atoms with Crippen molar-refractivity contribution in [2.24, 2.45) is 5.73 Å². The molecule has 0 aromatic heterocycles. The van der Waals surface area contributed by atoms with Crippen molar-refractivity contribution in [2.45, 2.75) is 19.4 Å². The average molecular weight is 193 g/mol. The number of nitrogens with one attached hydrogen (secondary N) is 1. The Labute approximate surface area is 83.3 Å². The molecular weight excluding hydrogens is 178 g/mol. The first-order valence-electron chi connectivity index (χ1n) is 4.48. The van der Waals surface area contributed by atoms with Gasteiger partial charge in [-0.05, 0) is 31.2 Å². The van der Waals surface area contributed by atoms with Gasteiger partial charge < -0.3 is 16.8 Å². The first kappa shape index (κ1) is 10.4. The minimum atomic E-state index is -0.305. The van der Waals surface area contributed by atoms with Gasteiger partial charge in [-0.3, -0.25) is 4.79 Å². The summed E-state index contributed by atoms with van der Waals surface area (Å²) in [6.07, 6.45) is 0.324. The van der Waals surface area contributed by atoms with E-state index >= 15 is 0 Å². The maximum Gasteiger partial charge on any atom is 0.219 e. The van der Waals surface area contributed by atoms with Crippen molar-refractivity contribution < 1.29 is 4.79 Å². The maximum absolute atomic E-state index is 10.6. The summed E-state index contributed by atoms with van der Waals surface area (Å²) in [5.74, 6) is -0.305. The zero-order valence-corrected chi connectivity index (χ0v) is 8.16. The van der Waals surface area contributed by atoms with Crippen LogP contribution in [0.25, 0.3) is 0 Å². The molecule has 1 atom stereocenters. The largest absolute Gasteiger partial charge is 0.399 e. The second-order valence-corrected chi connectivity index (χ2v) is 3.34. The number of nitrogens with two attached hydrogens (primary N) is 2. The van der Waals surface area contributed by atoms with E-state index in [0.717, 1.165) is 11.4 Å². The Hall–Kier alpha value is -1.71. The number of amides is 1. The second-order valence-electron chi connectivity index (χ2n) is 3.34. The van der Waals surface area contributed by atoms with E-state index in [9.17, 15) is 4.79 Å². The van der Waals surface area contributed by atoms with Crippen molar-refractivity contribution >= 4 is 17.3 Å². The average Bonchev–Trinajstić information content (AvgIpc) is 2.07. The lowest BCUT2D eigenvalue weighted by atomic mass is 10.2. The summed E-state index contributed by atoms with van der Waals surface area (Å²) >= 11 is 0. The first-order chi connectivity index (χ1) is 6.58. The minimum Gasteiger partial charge on any atom is -0.399 e. The van der Waals surface area contributed by atoms with E-state index < -0.39 is 0 Å². The van der Waals surface area contributed by atoms with Gasteiger partial charge in [0.2, 0.25) is 5.91 Å². The van der Waals surface area contributed by atoms with Crippen LogP contribution in [0, 0.1) is 0 Å². The Bertz CT molecular complexity index is 308. The molecule has 1 aromatic rings. The van der Waals surface area contributed by atoms with Gasteiger partial charge in [0.25, 0.3) is 0 Å². The van der Waals surface area contributed by atoms with Crippen molar-refractivity contribution in [1.29, 1.82) is 0 Å². The molecule has 0 fully saturated rings. The van der Waals surface area contributed by atoms with Crippen LogP contribution in [-0.2, 0) is 4.79 Å². The molecule has 0 saturated heterocycles. The van der Waals surface area contributed by atoms with E-state index in [0.29, 0.717) is 6.42 Å². The predicted octanol–water partition coefficient (Wildman–Crippen LogP) is 0.945. The fourth-order valence-corrected chi connectivity index (χ4v) is 1.22. The van der Waals surface area contributed by atoms with Gasteiger partial charge in [0.1, 0.15) is 0 Å². The molecule has 0 aliphatic carbocycles. The highest BCUT2D eigenvalue weighted by Gasteiger charge is 2.04. The molecule has 1 rings (SSSR count). The molecule has 0 spiro atoms. The van der Waals surface area contributed by atoms with E-state index in [4.69, 9.17) is 11.5 Å². The Kier molecular flexibility index (Phi) is 3.34. The molecule has 0 heterocycles. The van der Waals surface area contributed by atoms with Gasteiger partial charge in [-0.1, -0.05) is 0 Å². The summed E-state index contributed by atoms with van der Waals surface area (Å²) in [5, 5.41) is 3.14. The van der Waals surface area contributed by atoms with Gasteiger partial charge in [0, 0.05) is 23.8 Å². The Morgan fingerprint density at radius 2 is 2.00 bits per heavy atom. The van der Waals surface area contributed by atoms with Gasteiger partial charge in [0.15, 0.2) is 0 Å². The van der Waals surface area contributed by atoms with E-state index in [1.54, 1.807) is 12.1 Å². The molecule has 0 aliphatic rings. The standard InChI is InChI=1S/C10H15N3O/c1-7(6-10(12)14)13-9-4-2-8(11)3-5-9/h2-5,7,13H,6,11H2,1H3,(H2,12,14). The Morgan fingerprint density at radius 1 is 1.43 bits per heavy atom. The number of carbonyl (C=O) groups excluding carboxylic acids is 1. The van der Waals surface area contributed by atoms with Crippen LogP contribution in [0.3, 0.4) is 0 Å². The Balaban J connectivity index is 2.51. The van der Waals surface area contributed by atoms with Crippen LogP contribution in [0.2, 0.25) is 0 Å². The fraction of sp³-hybridized carbons (Fsp3) is 0.300. The third-order valence-electron chi connectivity index (χ3n) is 1.83.